The monoisotopic (exact) mass is 290 g/mol. The van der Waals surface area contributed by atoms with Gasteiger partial charge in [-0.2, -0.15) is 0 Å². The van der Waals surface area contributed by atoms with Crippen LogP contribution in [0.3, 0.4) is 0 Å². The first-order valence-electron chi connectivity index (χ1n) is 5.70. The topological polar surface area (TPSA) is 34.1 Å². The molecule has 0 aliphatic heterocycles. The highest BCUT2D eigenvalue weighted by Crippen LogP contribution is 2.35. The van der Waals surface area contributed by atoms with Gasteiger partial charge < -0.3 is 0 Å². The summed E-state index contributed by atoms with van der Waals surface area (Å²) in [6.45, 7) is 0. The van der Waals surface area contributed by atoms with Crippen molar-refractivity contribution in [1.82, 2.24) is 0 Å². The number of benzene rings is 2. The van der Waals surface area contributed by atoms with Crippen LogP contribution in [-0.2, 0) is 0 Å². The minimum Gasteiger partial charge on any atom is -0.289 e. The van der Waals surface area contributed by atoms with E-state index < -0.39 is 4.84 Å². The third kappa shape index (κ3) is 1.79. The minimum absolute atomic E-state index is 0.166. The molecule has 2 aromatic rings. The first-order valence-corrected chi connectivity index (χ1v) is 6.58. The van der Waals surface area contributed by atoms with Gasteiger partial charge in [-0.3, -0.25) is 9.59 Å². The van der Waals surface area contributed by atoms with Crippen LogP contribution in [-0.4, -0.2) is 11.6 Å². The maximum absolute atomic E-state index is 12.5. The number of rotatable bonds is 1. The largest absolute Gasteiger partial charge is 0.289 e. The SMILES string of the molecule is O=C1c2ccccc2C(=O)c2c1cccc2C(Cl)Cl. The fourth-order valence-electron chi connectivity index (χ4n) is 2.35. The van der Waals surface area contributed by atoms with E-state index in [2.05, 4.69) is 0 Å². The molecule has 3 rings (SSSR count). The second-order valence-electron chi connectivity index (χ2n) is 4.27. The first kappa shape index (κ1) is 12.4. The van der Waals surface area contributed by atoms with Gasteiger partial charge in [-0.1, -0.05) is 42.5 Å². The van der Waals surface area contributed by atoms with Crippen LogP contribution >= 0.6 is 23.2 Å². The molecule has 0 fully saturated rings. The Morgan fingerprint density at radius 2 is 1.32 bits per heavy atom. The Kier molecular flexibility index (Phi) is 2.92. The molecule has 2 aromatic carbocycles. The molecule has 0 bridgehead atoms. The Labute approximate surface area is 120 Å². The number of ketones is 2. The zero-order chi connectivity index (χ0) is 13.6. The van der Waals surface area contributed by atoms with Crippen molar-refractivity contribution in [2.45, 2.75) is 4.84 Å². The number of hydrogen-bond donors (Lipinski definition) is 0. The quantitative estimate of drug-likeness (QED) is 0.636. The summed E-state index contributed by atoms with van der Waals surface area (Å²) in [5.74, 6) is -0.367. The maximum Gasteiger partial charge on any atom is 0.194 e. The number of fused-ring (bicyclic) bond motifs is 2. The van der Waals surface area contributed by atoms with E-state index in [4.69, 9.17) is 23.2 Å². The Morgan fingerprint density at radius 1 is 0.737 bits per heavy atom. The number of hydrogen-bond acceptors (Lipinski definition) is 2. The van der Waals surface area contributed by atoms with Gasteiger partial charge in [0, 0.05) is 22.3 Å². The van der Waals surface area contributed by atoms with Crippen molar-refractivity contribution in [1.29, 1.82) is 0 Å². The summed E-state index contributed by atoms with van der Waals surface area (Å²) in [6, 6.07) is 11.8. The smallest absolute Gasteiger partial charge is 0.194 e. The van der Waals surface area contributed by atoms with Crippen molar-refractivity contribution in [2.75, 3.05) is 0 Å². The molecule has 0 saturated carbocycles. The van der Waals surface area contributed by atoms with Gasteiger partial charge in [0.05, 0.1) is 0 Å². The van der Waals surface area contributed by atoms with Crippen LogP contribution in [0.15, 0.2) is 42.5 Å². The lowest BCUT2D eigenvalue weighted by Gasteiger charge is -2.20. The van der Waals surface area contributed by atoms with Crippen molar-refractivity contribution < 1.29 is 9.59 Å². The molecule has 0 heterocycles. The standard InChI is InChI=1S/C15H8Cl2O2/c16-15(17)11-7-3-6-10-12(11)14(19)9-5-2-1-4-8(9)13(10)18/h1-7,15H. The fraction of sp³-hybridized carbons (Fsp3) is 0.0667. The zero-order valence-corrected chi connectivity index (χ0v) is 11.2. The Hall–Kier alpha value is -1.64. The fourth-order valence-corrected chi connectivity index (χ4v) is 2.72. The lowest BCUT2D eigenvalue weighted by molar-refractivity contribution is 0.0978. The molecule has 0 spiro atoms. The molecule has 1 aliphatic carbocycles. The molecular formula is C15H8Cl2O2. The Morgan fingerprint density at radius 3 is 1.95 bits per heavy atom. The van der Waals surface area contributed by atoms with E-state index in [1.807, 2.05) is 0 Å². The molecular weight excluding hydrogens is 283 g/mol. The molecule has 1 aliphatic rings. The molecule has 4 heteroatoms. The second kappa shape index (κ2) is 4.48. The Bertz CT molecular complexity index is 705. The number of carbonyl (C=O) groups excluding carboxylic acids is 2. The molecule has 94 valence electrons. The summed E-state index contributed by atoms with van der Waals surface area (Å²) in [5, 5.41) is 0. The van der Waals surface area contributed by atoms with Crippen LogP contribution in [0.2, 0.25) is 0 Å². The third-order valence-corrected chi connectivity index (χ3v) is 3.69. The molecule has 2 nitrogen and oxygen atoms in total. The van der Waals surface area contributed by atoms with E-state index in [1.54, 1.807) is 42.5 Å². The molecule has 0 saturated heterocycles. The molecule has 0 radical (unpaired) electrons. The van der Waals surface area contributed by atoms with Gasteiger partial charge in [0.1, 0.15) is 4.84 Å². The predicted octanol–water partition coefficient (Wildman–Crippen LogP) is 3.94. The van der Waals surface area contributed by atoms with E-state index >= 15 is 0 Å². The summed E-state index contributed by atoms with van der Waals surface area (Å²) >= 11 is 11.8. The van der Waals surface area contributed by atoms with Crippen molar-refractivity contribution in [3.8, 4) is 0 Å². The van der Waals surface area contributed by atoms with E-state index in [9.17, 15) is 9.59 Å². The van der Waals surface area contributed by atoms with Crippen LogP contribution in [0.5, 0.6) is 0 Å². The first-order chi connectivity index (χ1) is 9.11. The lowest BCUT2D eigenvalue weighted by atomic mass is 9.82. The lowest BCUT2D eigenvalue weighted by Crippen LogP contribution is -2.22. The average molecular weight is 291 g/mol. The normalized spacial score (nSPS) is 13.4. The van der Waals surface area contributed by atoms with Crippen molar-refractivity contribution in [2.24, 2.45) is 0 Å². The van der Waals surface area contributed by atoms with Gasteiger partial charge >= 0.3 is 0 Å². The summed E-state index contributed by atoms with van der Waals surface area (Å²) in [5.41, 5.74) is 2.00. The van der Waals surface area contributed by atoms with Crippen LogP contribution < -0.4 is 0 Å². The van der Waals surface area contributed by atoms with Crippen LogP contribution in [0.4, 0.5) is 0 Å². The summed E-state index contributed by atoms with van der Waals surface area (Å²) in [4.78, 5) is 24.1. The molecule has 0 aromatic heterocycles. The summed E-state index contributed by atoms with van der Waals surface area (Å²) in [6.07, 6.45) is 0. The van der Waals surface area contributed by atoms with Gasteiger partial charge in [-0.15, -0.1) is 23.2 Å². The van der Waals surface area contributed by atoms with Gasteiger partial charge in [0.2, 0.25) is 0 Å². The van der Waals surface area contributed by atoms with Crippen molar-refractivity contribution >= 4 is 34.8 Å². The van der Waals surface area contributed by atoms with Gasteiger partial charge in [0.25, 0.3) is 0 Å². The highest BCUT2D eigenvalue weighted by atomic mass is 35.5. The van der Waals surface area contributed by atoms with Crippen LogP contribution in [0.25, 0.3) is 0 Å². The molecule has 19 heavy (non-hydrogen) atoms. The van der Waals surface area contributed by atoms with Crippen molar-refractivity contribution in [3.63, 3.8) is 0 Å². The van der Waals surface area contributed by atoms with E-state index in [1.165, 1.54) is 0 Å². The second-order valence-corrected chi connectivity index (χ2v) is 5.37. The number of alkyl halides is 2. The van der Waals surface area contributed by atoms with E-state index in [0.717, 1.165) is 0 Å². The van der Waals surface area contributed by atoms with E-state index in [-0.39, 0.29) is 11.6 Å². The number of carbonyl (C=O) groups is 2. The van der Waals surface area contributed by atoms with Gasteiger partial charge in [-0.25, -0.2) is 0 Å². The predicted molar refractivity (Wildman–Crippen MR) is 74.2 cm³/mol. The van der Waals surface area contributed by atoms with Gasteiger partial charge in [0.15, 0.2) is 11.6 Å². The Balaban J connectivity index is 2.33. The molecule has 0 N–H and O–H groups in total. The van der Waals surface area contributed by atoms with Crippen LogP contribution in [0.1, 0.15) is 42.2 Å². The highest BCUT2D eigenvalue weighted by Gasteiger charge is 2.32. The van der Waals surface area contributed by atoms with Crippen molar-refractivity contribution in [3.05, 3.63) is 70.3 Å². The molecule has 0 unspecified atom stereocenters. The number of halogens is 2. The third-order valence-electron chi connectivity index (χ3n) is 3.22. The average Bonchev–Trinajstić information content (AvgIpc) is 2.44. The maximum atomic E-state index is 12.5. The summed E-state index contributed by atoms with van der Waals surface area (Å²) in [7, 11) is 0. The molecule has 0 atom stereocenters. The zero-order valence-electron chi connectivity index (χ0n) is 9.69. The minimum atomic E-state index is -0.836. The van der Waals surface area contributed by atoms with E-state index in [0.29, 0.717) is 27.8 Å². The van der Waals surface area contributed by atoms with Gasteiger partial charge in [-0.05, 0) is 5.56 Å². The van der Waals surface area contributed by atoms with Crippen LogP contribution in [0, 0.1) is 0 Å². The summed E-state index contributed by atoms with van der Waals surface area (Å²) < 4.78 is 0. The highest BCUT2D eigenvalue weighted by molar-refractivity contribution is 6.45. The molecule has 0 amide bonds.